The lowest BCUT2D eigenvalue weighted by atomic mass is 10.1. The van der Waals surface area contributed by atoms with Crippen molar-refractivity contribution in [2.75, 3.05) is 13.1 Å². The van der Waals surface area contributed by atoms with Gasteiger partial charge in [0, 0.05) is 36.3 Å². The Morgan fingerprint density at radius 3 is 2.50 bits per heavy atom. The molecule has 1 amide bonds. The highest BCUT2D eigenvalue weighted by molar-refractivity contribution is 5.94. The number of nitrogens with zero attached hydrogens (tertiary/aromatic N) is 1. The zero-order valence-corrected chi connectivity index (χ0v) is 14.9. The first-order valence-electron chi connectivity index (χ1n) is 8.34. The Morgan fingerprint density at radius 2 is 1.88 bits per heavy atom. The van der Waals surface area contributed by atoms with E-state index >= 15 is 0 Å². The normalized spacial score (nSPS) is 15.2. The quantitative estimate of drug-likeness (QED) is 0.354. The molecule has 1 aliphatic rings. The molecule has 7 heteroatoms. The average molecular weight is 356 g/mol. The van der Waals surface area contributed by atoms with E-state index in [0.29, 0.717) is 23.7 Å². The summed E-state index contributed by atoms with van der Waals surface area (Å²) in [6.45, 7) is 2.91. The Hall–Kier alpha value is -1.66. The maximum absolute atomic E-state index is 12.1. The van der Waals surface area contributed by atoms with Crippen molar-refractivity contribution < 1.29 is 9.72 Å². The van der Waals surface area contributed by atoms with Gasteiger partial charge in [0.05, 0.1) is 4.92 Å². The molecule has 2 rings (SSSR count). The molecule has 0 heterocycles. The van der Waals surface area contributed by atoms with Crippen molar-refractivity contribution in [1.82, 2.24) is 10.6 Å². The molecule has 1 aromatic carbocycles. The van der Waals surface area contributed by atoms with Crippen LogP contribution in [0.3, 0.4) is 0 Å². The van der Waals surface area contributed by atoms with Crippen molar-refractivity contribution in [3.05, 3.63) is 39.4 Å². The van der Waals surface area contributed by atoms with E-state index in [4.69, 9.17) is 0 Å². The van der Waals surface area contributed by atoms with Gasteiger partial charge >= 0.3 is 0 Å². The summed E-state index contributed by atoms with van der Waals surface area (Å²) < 4.78 is 0. The van der Waals surface area contributed by atoms with Crippen LogP contribution >= 0.6 is 12.4 Å². The van der Waals surface area contributed by atoms with E-state index in [0.717, 1.165) is 6.54 Å². The van der Waals surface area contributed by atoms with Crippen LogP contribution in [0.5, 0.6) is 0 Å². The third kappa shape index (κ3) is 6.09. The molecule has 0 unspecified atom stereocenters. The largest absolute Gasteiger partial charge is 0.351 e. The zero-order valence-electron chi connectivity index (χ0n) is 14.0. The molecule has 0 atom stereocenters. The highest BCUT2D eigenvalue weighted by atomic mass is 35.5. The number of nitrogens with one attached hydrogen (secondary N) is 2. The minimum absolute atomic E-state index is 0. The van der Waals surface area contributed by atoms with E-state index in [2.05, 4.69) is 10.6 Å². The molecular formula is C17H26ClN3O3. The van der Waals surface area contributed by atoms with Crippen LogP contribution in [-0.4, -0.2) is 30.0 Å². The van der Waals surface area contributed by atoms with Crippen LogP contribution in [0, 0.1) is 17.0 Å². The Bertz CT molecular complexity index is 558. The van der Waals surface area contributed by atoms with Gasteiger partial charge in [-0.3, -0.25) is 14.9 Å². The fourth-order valence-corrected chi connectivity index (χ4v) is 2.99. The lowest BCUT2D eigenvalue weighted by Gasteiger charge is -2.16. The number of nitro groups is 1. The molecule has 24 heavy (non-hydrogen) atoms. The molecule has 1 aromatic rings. The number of carbonyl (C=O) groups is 1. The molecule has 1 fully saturated rings. The Kier molecular flexibility index (Phi) is 8.71. The maximum Gasteiger partial charge on any atom is 0.273 e. The van der Waals surface area contributed by atoms with Crippen LogP contribution in [0.15, 0.2) is 18.2 Å². The Morgan fingerprint density at radius 1 is 1.21 bits per heavy atom. The van der Waals surface area contributed by atoms with Gasteiger partial charge in [0.15, 0.2) is 0 Å². The molecular weight excluding hydrogens is 330 g/mol. The predicted molar refractivity (Wildman–Crippen MR) is 96.9 cm³/mol. The van der Waals surface area contributed by atoms with Crippen LogP contribution in [0.25, 0.3) is 0 Å². The highest BCUT2D eigenvalue weighted by Crippen LogP contribution is 2.19. The van der Waals surface area contributed by atoms with Crippen molar-refractivity contribution in [1.29, 1.82) is 0 Å². The van der Waals surface area contributed by atoms with Gasteiger partial charge in [-0.25, -0.2) is 0 Å². The van der Waals surface area contributed by atoms with Gasteiger partial charge < -0.3 is 10.6 Å². The van der Waals surface area contributed by atoms with Gasteiger partial charge in [0.2, 0.25) is 0 Å². The second-order valence-electron chi connectivity index (χ2n) is 6.16. The van der Waals surface area contributed by atoms with Gasteiger partial charge in [-0.2, -0.15) is 0 Å². The third-order valence-corrected chi connectivity index (χ3v) is 4.37. The standard InChI is InChI=1S/C17H25N3O3.ClH/c1-13-8-9-14(12-16(13)20(22)23)17(21)19-11-10-18-15-6-4-2-3-5-7-15;/h8-9,12,15,18H,2-7,10-11H2,1H3,(H,19,21);1H. The molecule has 0 radical (unpaired) electrons. The first kappa shape index (κ1) is 20.4. The minimum atomic E-state index is -0.459. The van der Waals surface area contributed by atoms with Gasteiger partial charge in [0.1, 0.15) is 0 Å². The fourth-order valence-electron chi connectivity index (χ4n) is 2.99. The second kappa shape index (κ2) is 10.3. The van der Waals surface area contributed by atoms with Crippen molar-refractivity contribution >= 4 is 24.0 Å². The number of hydrogen-bond acceptors (Lipinski definition) is 4. The van der Waals surface area contributed by atoms with Crippen LogP contribution in [0.2, 0.25) is 0 Å². The number of halogens is 1. The summed E-state index contributed by atoms with van der Waals surface area (Å²) in [6, 6.07) is 5.12. The Labute approximate surface area is 149 Å². The summed E-state index contributed by atoms with van der Waals surface area (Å²) in [6.07, 6.45) is 7.60. The maximum atomic E-state index is 12.1. The SMILES string of the molecule is Cc1ccc(C(=O)NCCNC2CCCCCC2)cc1[N+](=O)[O-].Cl. The van der Waals surface area contributed by atoms with Gasteiger partial charge in [-0.1, -0.05) is 31.7 Å². The molecule has 0 aliphatic heterocycles. The number of aryl methyl sites for hydroxylation is 1. The van der Waals surface area contributed by atoms with E-state index in [1.54, 1.807) is 19.1 Å². The topological polar surface area (TPSA) is 84.3 Å². The monoisotopic (exact) mass is 355 g/mol. The van der Waals surface area contributed by atoms with E-state index < -0.39 is 4.92 Å². The Balaban J connectivity index is 0.00000288. The average Bonchev–Trinajstić information content (AvgIpc) is 2.80. The summed E-state index contributed by atoms with van der Waals surface area (Å²) in [7, 11) is 0. The van der Waals surface area contributed by atoms with Crippen LogP contribution in [0.1, 0.15) is 54.4 Å². The van der Waals surface area contributed by atoms with E-state index in [9.17, 15) is 14.9 Å². The zero-order chi connectivity index (χ0) is 16.7. The highest BCUT2D eigenvalue weighted by Gasteiger charge is 2.15. The molecule has 1 aliphatic carbocycles. The van der Waals surface area contributed by atoms with Gasteiger partial charge in [0.25, 0.3) is 11.6 Å². The lowest BCUT2D eigenvalue weighted by Crippen LogP contribution is -2.36. The number of nitro benzene ring substituents is 1. The summed E-state index contributed by atoms with van der Waals surface area (Å²) in [5, 5.41) is 17.2. The van der Waals surface area contributed by atoms with Crippen molar-refractivity contribution in [3.8, 4) is 0 Å². The van der Waals surface area contributed by atoms with Crippen molar-refractivity contribution in [2.24, 2.45) is 0 Å². The molecule has 1 saturated carbocycles. The molecule has 0 saturated heterocycles. The van der Waals surface area contributed by atoms with Crippen molar-refractivity contribution in [3.63, 3.8) is 0 Å². The summed E-state index contributed by atoms with van der Waals surface area (Å²) in [4.78, 5) is 22.5. The minimum Gasteiger partial charge on any atom is -0.351 e. The van der Waals surface area contributed by atoms with Crippen LogP contribution < -0.4 is 10.6 Å². The molecule has 134 valence electrons. The molecule has 0 aromatic heterocycles. The number of amides is 1. The molecule has 0 bridgehead atoms. The molecule has 6 nitrogen and oxygen atoms in total. The second-order valence-corrected chi connectivity index (χ2v) is 6.16. The third-order valence-electron chi connectivity index (χ3n) is 4.37. The molecule has 2 N–H and O–H groups in total. The number of rotatable bonds is 6. The smallest absolute Gasteiger partial charge is 0.273 e. The number of hydrogen-bond donors (Lipinski definition) is 2. The van der Waals surface area contributed by atoms with Gasteiger partial charge in [-0.05, 0) is 25.8 Å². The first-order valence-corrected chi connectivity index (χ1v) is 8.34. The van der Waals surface area contributed by atoms with E-state index in [-0.39, 0.29) is 24.0 Å². The lowest BCUT2D eigenvalue weighted by molar-refractivity contribution is -0.385. The van der Waals surface area contributed by atoms with Gasteiger partial charge in [-0.15, -0.1) is 12.4 Å². The van der Waals surface area contributed by atoms with Crippen LogP contribution in [-0.2, 0) is 0 Å². The number of carbonyl (C=O) groups excluding carboxylic acids is 1. The fraction of sp³-hybridized carbons (Fsp3) is 0.588. The number of benzene rings is 1. The first-order chi connectivity index (χ1) is 11.1. The molecule has 0 spiro atoms. The summed E-state index contributed by atoms with van der Waals surface area (Å²) >= 11 is 0. The van der Waals surface area contributed by atoms with E-state index in [1.807, 2.05) is 0 Å². The summed E-state index contributed by atoms with van der Waals surface area (Å²) in [5.41, 5.74) is 0.868. The predicted octanol–water partition coefficient (Wildman–Crippen LogP) is 3.37. The van der Waals surface area contributed by atoms with Crippen molar-refractivity contribution in [2.45, 2.75) is 51.5 Å². The summed E-state index contributed by atoms with van der Waals surface area (Å²) in [5.74, 6) is -0.268. The van der Waals surface area contributed by atoms with Crippen LogP contribution in [0.4, 0.5) is 5.69 Å². The van der Waals surface area contributed by atoms with E-state index in [1.165, 1.54) is 44.6 Å².